The van der Waals surface area contributed by atoms with Crippen molar-refractivity contribution in [3.8, 4) is 0 Å². The van der Waals surface area contributed by atoms with Crippen LogP contribution in [0.3, 0.4) is 0 Å². The molecule has 0 bridgehead atoms. The Morgan fingerprint density at radius 3 is 2.81 bits per heavy atom. The van der Waals surface area contributed by atoms with Crippen molar-refractivity contribution >= 4 is 5.91 Å². The van der Waals surface area contributed by atoms with Gasteiger partial charge >= 0.3 is 0 Å². The fraction of sp³-hybridized carbons (Fsp3) is 0.526. The Morgan fingerprint density at radius 2 is 2.04 bits per heavy atom. The van der Waals surface area contributed by atoms with Crippen LogP contribution in [0.2, 0.25) is 0 Å². The fourth-order valence-corrected chi connectivity index (χ4v) is 4.54. The minimum atomic E-state index is -0.605. The molecule has 5 rings (SSSR count). The first-order valence-electron chi connectivity index (χ1n) is 9.34. The van der Waals surface area contributed by atoms with Crippen molar-refractivity contribution in [2.45, 2.75) is 37.4 Å². The van der Waals surface area contributed by atoms with Crippen LogP contribution in [0.5, 0.6) is 0 Å². The van der Waals surface area contributed by atoms with E-state index in [9.17, 15) is 13.6 Å². The number of halogens is 2. The van der Waals surface area contributed by atoms with Gasteiger partial charge in [0.15, 0.2) is 0 Å². The summed E-state index contributed by atoms with van der Waals surface area (Å²) in [6.45, 7) is 2.03. The molecule has 26 heavy (non-hydrogen) atoms. The molecule has 2 N–H and O–H groups in total. The summed E-state index contributed by atoms with van der Waals surface area (Å²) in [5.74, 6) is -0.633. The molecule has 0 radical (unpaired) electrons. The van der Waals surface area contributed by atoms with Crippen LogP contribution in [0.15, 0.2) is 47.2 Å². The maximum absolute atomic E-state index is 14.0. The predicted octanol–water partition coefficient (Wildman–Crippen LogP) is 1.69. The molecule has 1 saturated heterocycles. The summed E-state index contributed by atoms with van der Waals surface area (Å²) in [5, 5.41) is 5.25. The van der Waals surface area contributed by atoms with E-state index in [1.807, 2.05) is 4.90 Å². The molecule has 3 atom stereocenters. The van der Waals surface area contributed by atoms with E-state index in [4.69, 9.17) is 0 Å². The van der Waals surface area contributed by atoms with Crippen LogP contribution >= 0.6 is 0 Å². The fourth-order valence-electron chi connectivity index (χ4n) is 4.54. The van der Waals surface area contributed by atoms with Gasteiger partial charge in [-0.1, -0.05) is 12.5 Å². The van der Waals surface area contributed by atoms with Gasteiger partial charge in [-0.3, -0.25) is 10.1 Å². The second kappa shape index (κ2) is 6.03. The van der Waals surface area contributed by atoms with E-state index in [0.717, 1.165) is 12.6 Å². The largest absolute Gasteiger partial charge is 0.338 e. The van der Waals surface area contributed by atoms with Gasteiger partial charge in [-0.25, -0.2) is 13.8 Å². The third-order valence-electron chi connectivity index (χ3n) is 6.22. The van der Waals surface area contributed by atoms with Gasteiger partial charge in [-0.05, 0) is 30.4 Å². The average molecular weight is 360 g/mol. The van der Waals surface area contributed by atoms with Gasteiger partial charge in [-0.15, -0.1) is 0 Å². The Hall–Kier alpha value is -1.99. The van der Waals surface area contributed by atoms with Crippen molar-refractivity contribution in [2.75, 3.05) is 19.6 Å². The number of amides is 1. The molecule has 0 aromatic rings. The number of carbonyl (C=O) groups is 1. The number of nitrogens with zero attached hydrogens (tertiary/aromatic N) is 2. The molecule has 2 aliphatic carbocycles. The first kappa shape index (κ1) is 16.2. The van der Waals surface area contributed by atoms with Gasteiger partial charge in [0.05, 0.1) is 12.1 Å². The number of carbonyl (C=O) groups excluding carboxylic acids is 1. The van der Waals surface area contributed by atoms with Crippen LogP contribution in [0.25, 0.3) is 0 Å². The van der Waals surface area contributed by atoms with Crippen LogP contribution in [-0.4, -0.2) is 53.6 Å². The first-order chi connectivity index (χ1) is 12.6. The van der Waals surface area contributed by atoms with Gasteiger partial charge in [0.2, 0.25) is 5.91 Å². The smallest absolute Gasteiger partial charge is 0.243 e. The lowest BCUT2D eigenvalue weighted by Crippen LogP contribution is -2.59. The van der Waals surface area contributed by atoms with Crippen LogP contribution in [-0.2, 0) is 4.79 Å². The minimum Gasteiger partial charge on any atom is -0.338 e. The van der Waals surface area contributed by atoms with E-state index in [1.54, 1.807) is 6.08 Å². The Balaban J connectivity index is 1.30. The van der Waals surface area contributed by atoms with E-state index in [1.165, 1.54) is 30.9 Å². The number of hydrogen-bond donors (Lipinski definition) is 2. The quantitative estimate of drug-likeness (QED) is 0.787. The Labute approximate surface area is 151 Å². The number of rotatable bonds is 2. The Kier molecular flexibility index (Phi) is 3.76. The summed E-state index contributed by atoms with van der Waals surface area (Å²) < 4.78 is 27.4. The molecule has 7 heteroatoms. The summed E-state index contributed by atoms with van der Waals surface area (Å²) in [6.07, 6.45) is 9.64. The van der Waals surface area contributed by atoms with E-state index < -0.39 is 23.7 Å². The Bertz CT molecular complexity index is 768. The van der Waals surface area contributed by atoms with Crippen molar-refractivity contribution in [3.63, 3.8) is 0 Å². The summed E-state index contributed by atoms with van der Waals surface area (Å²) in [7, 11) is 0. The standard InChI is InChI=1S/C19H22F2N4O/c20-12-6-15(21)13-8-17(23-16(13)7-12)19(26)24-4-5-25-18(10-24)14(9-22-25)11-2-1-3-11/h6-9,11,16-18,22-23H,1-5,10H2. The molecule has 1 amide bonds. The molecule has 3 unspecified atom stereocenters. The SMILES string of the molecule is O=C(C1C=C2C(F)=CC(F)=CC2N1)N1CCN2NC=C(C3CCC3)C2C1. The summed E-state index contributed by atoms with van der Waals surface area (Å²) in [5.41, 5.74) is 5.10. The monoisotopic (exact) mass is 360 g/mol. The first-order valence-corrected chi connectivity index (χ1v) is 9.34. The maximum atomic E-state index is 14.0. The minimum absolute atomic E-state index is 0.0620. The van der Waals surface area contributed by atoms with Gasteiger partial charge in [0.1, 0.15) is 17.7 Å². The predicted molar refractivity (Wildman–Crippen MR) is 92.8 cm³/mol. The number of allylic oxidation sites excluding steroid dienone is 2. The third kappa shape index (κ3) is 2.53. The van der Waals surface area contributed by atoms with Crippen molar-refractivity contribution in [1.29, 1.82) is 0 Å². The summed E-state index contributed by atoms with van der Waals surface area (Å²) in [6, 6.07) is -0.939. The highest BCUT2D eigenvalue weighted by Gasteiger charge is 2.41. The van der Waals surface area contributed by atoms with Gasteiger partial charge < -0.3 is 10.3 Å². The van der Waals surface area contributed by atoms with Crippen LogP contribution in [0.1, 0.15) is 19.3 Å². The number of nitrogens with one attached hydrogen (secondary N) is 2. The molecule has 3 heterocycles. The molecule has 0 spiro atoms. The molecule has 5 aliphatic rings. The van der Waals surface area contributed by atoms with Gasteiger partial charge in [0, 0.05) is 37.5 Å². The molecule has 5 nitrogen and oxygen atoms in total. The lowest BCUT2D eigenvalue weighted by Gasteiger charge is -2.41. The zero-order chi connectivity index (χ0) is 17.8. The lowest BCUT2D eigenvalue weighted by molar-refractivity contribution is -0.135. The number of piperazine rings is 1. The third-order valence-corrected chi connectivity index (χ3v) is 6.22. The van der Waals surface area contributed by atoms with Crippen molar-refractivity contribution < 1.29 is 13.6 Å². The molecular weight excluding hydrogens is 338 g/mol. The second-order valence-electron chi connectivity index (χ2n) is 7.68. The van der Waals surface area contributed by atoms with E-state index >= 15 is 0 Å². The normalized spacial score (nSPS) is 34.1. The van der Waals surface area contributed by atoms with Crippen molar-refractivity contribution in [3.05, 3.63) is 47.2 Å². The zero-order valence-electron chi connectivity index (χ0n) is 14.4. The van der Waals surface area contributed by atoms with Crippen LogP contribution in [0.4, 0.5) is 8.78 Å². The molecule has 0 aromatic heterocycles. The van der Waals surface area contributed by atoms with Crippen molar-refractivity contribution in [2.24, 2.45) is 5.92 Å². The van der Waals surface area contributed by atoms with E-state index in [-0.39, 0.29) is 11.9 Å². The molecular formula is C19H22F2N4O. The number of hydrogen-bond acceptors (Lipinski definition) is 4. The topological polar surface area (TPSA) is 47.6 Å². The Morgan fingerprint density at radius 1 is 1.19 bits per heavy atom. The van der Waals surface area contributed by atoms with Crippen molar-refractivity contribution in [1.82, 2.24) is 20.7 Å². The highest BCUT2D eigenvalue weighted by molar-refractivity contribution is 5.85. The second-order valence-corrected chi connectivity index (χ2v) is 7.68. The molecule has 0 aromatic carbocycles. The van der Waals surface area contributed by atoms with Gasteiger partial charge in [-0.2, -0.15) is 0 Å². The lowest BCUT2D eigenvalue weighted by atomic mass is 9.77. The van der Waals surface area contributed by atoms with Crippen LogP contribution in [0, 0.1) is 5.92 Å². The van der Waals surface area contributed by atoms with Gasteiger partial charge in [0.25, 0.3) is 0 Å². The highest BCUT2D eigenvalue weighted by Crippen LogP contribution is 2.38. The molecule has 1 saturated carbocycles. The van der Waals surface area contributed by atoms with E-state index in [0.29, 0.717) is 24.6 Å². The number of fused-ring (bicyclic) bond motifs is 2. The molecule has 138 valence electrons. The molecule has 2 fully saturated rings. The number of hydrazine groups is 1. The summed E-state index contributed by atoms with van der Waals surface area (Å²) >= 11 is 0. The maximum Gasteiger partial charge on any atom is 0.243 e. The summed E-state index contributed by atoms with van der Waals surface area (Å²) in [4.78, 5) is 14.8. The van der Waals surface area contributed by atoms with E-state index in [2.05, 4.69) is 22.0 Å². The highest BCUT2D eigenvalue weighted by atomic mass is 19.1. The molecule has 3 aliphatic heterocycles. The zero-order valence-corrected chi connectivity index (χ0v) is 14.4. The van der Waals surface area contributed by atoms with Crippen LogP contribution < -0.4 is 10.7 Å². The average Bonchev–Trinajstić information content (AvgIpc) is 3.17.